The van der Waals surface area contributed by atoms with Gasteiger partial charge in [-0.2, -0.15) is 0 Å². The van der Waals surface area contributed by atoms with Gasteiger partial charge in [0.1, 0.15) is 12.1 Å². The number of fused-ring (bicyclic) bond motifs is 1. The molecule has 0 spiro atoms. The highest BCUT2D eigenvalue weighted by Gasteiger charge is 2.09. The third-order valence-electron chi connectivity index (χ3n) is 3.36. The van der Waals surface area contributed by atoms with Crippen molar-refractivity contribution in [3.8, 4) is 11.3 Å². The van der Waals surface area contributed by atoms with E-state index in [1.165, 1.54) is 17.1 Å². The van der Waals surface area contributed by atoms with Crippen LogP contribution in [-0.2, 0) is 6.42 Å². The van der Waals surface area contributed by atoms with Crippen LogP contribution in [-0.4, -0.2) is 9.97 Å². The summed E-state index contributed by atoms with van der Waals surface area (Å²) in [6.45, 7) is 2.07. The molecule has 0 saturated heterocycles. The van der Waals surface area contributed by atoms with Gasteiger partial charge in [-0.05, 0) is 23.3 Å². The van der Waals surface area contributed by atoms with Gasteiger partial charge in [0.2, 0.25) is 0 Å². The molecular formula is C16H15N3. The smallest absolute Gasteiger partial charge is 0.130 e. The SMILES string of the molecule is CCc1c(N)ncnc1-c1ccc2ccccc2c1. The molecule has 94 valence electrons. The van der Waals surface area contributed by atoms with Crippen LogP contribution in [0.4, 0.5) is 5.82 Å². The van der Waals surface area contributed by atoms with Crippen molar-refractivity contribution >= 4 is 16.6 Å². The topological polar surface area (TPSA) is 51.8 Å². The summed E-state index contributed by atoms with van der Waals surface area (Å²) in [4.78, 5) is 8.46. The first-order chi connectivity index (χ1) is 9.29. The molecule has 3 heteroatoms. The van der Waals surface area contributed by atoms with Gasteiger partial charge in [-0.1, -0.05) is 43.3 Å². The summed E-state index contributed by atoms with van der Waals surface area (Å²) >= 11 is 0. The van der Waals surface area contributed by atoms with E-state index in [2.05, 4.69) is 47.2 Å². The highest BCUT2D eigenvalue weighted by Crippen LogP contribution is 2.27. The van der Waals surface area contributed by atoms with Gasteiger partial charge in [0.25, 0.3) is 0 Å². The minimum atomic E-state index is 0.570. The van der Waals surface area contributed by atoms with Gasteiger partial charge in [-0.3, -0.25) is 0 Å². The fourth-order valence-corrected chi connectivity index (χ4v) is 2.36. The lowest BCUT2D eigenvalue weighted by atomic mass is 10.0. The average molecular weight is 249 g/mol. The van der Waals surface area contributed by atoms with Gasteiger partial charge in [0.15, 0.2) is 0 Å². The Morgan fingerprint density at radius 3 is 2.58 bits per heavy atom. The number of rotatable bonds is 2. The first kappa shape index (κ1) is 11.7. The lowest BCUT2D eigenvalue weighted by molar-refractivity contribution is 1.06. The lowest BCUT2D eigenvalue weighted by Gasteiger charge is -2.09. The van der Waals surface area contributed by atoms with Crippen LogP contribution in [0, 0.1) is 0 Å². The van der Waals surface area contributed by atoms with E-state index in [0.29, 0.717) is 5.82 Å². The standard InChI is InChI=1S/C16H15N3/c1-2-14-15(18-10-19-16(14)17)13-8-7-11-5-3-4-6-12(11)9-13/h3-10H,2H2,1H3,(H2,17,18,19). The van der Waals surface area contributed by atoms with E-state index in [1.807, 2.05) is 12.1 Å². The molecule has 0 amide bonds. The predicted molar refractivity (Wildman–Crippen MR) is 78.8 cm³/mol. The largest absolute Gasteiger partial charge is 0.383 e. The number of anilines is 1. The molecule has 0 aliphatic carbocycles. The molecule has 2 aromatic carbocycles. The van der Waals surface area contributed by atoms with Crippen molar-refractivity contribution in [2.45, 2.75) is 13.3 Å². The summed E-state index contributed by atoms with van der Waals surface area (Å²) < 4.78 is 0. The van der Waals surface area contributed by atoms with Crippen LogP contribution >= 0.6 is 0 Å². The molecule has 3 rings (SSSR count). The number of aromatic nitrogens is 2. The van der Waals surface area contributed by atoms with E-state index in [9.17, 15) is 0 Å². The second kappa shape index (κ2) is 4.69. The molecule has 0 fully saturated rings. The van der Waals surface area contributed by atoms with Crippen LogP contribution < -0.4 is 5.73 Å². The Morgan fingerprint density at radius 2 is 1.79 bits per heavy atom. The quantitative estimate of drug-likeness (QED) is 0.757. The van der Waals surface area contributed by atoms with Crippen molar-refractivity contribution in [2.24, 2.45) is 0 Å². The molecule has 0 unspecified atom stereocenters. The Hall–Kier alpha value is -2.42. The summed E-state index contributed by atoms with van der Waals surface area (Å²) in [6, 6.07) is 14.6. The van der Waals surface area contributed by atoms with Crippen LogP contribution in [0.3, 0.4) is 0 Å². The zero-order chi connectivity index (χ0) is 13.2. The highest BCUT2D eigenvalue weighted by molar-refractivity contribution is 5.87. The molecule has 3 aromatic rings. The van der Waals surface area contributed by atoms with Gasteiger partial charge >= 0.3 is 0 Å². The first-order valence-corrected chi connectivity index (χ1v) is 6.38. The molecule has 0 saturated carbocycles. The van der Waals surface area contributed by atoms with E-state index in [1.54, 1.807) is 0 Å². The third-order valence-corrected chi connectivity index (χ3v) is 3.36. The fourth-order valence-electron chi connectivity index (χ4n) is 2.36. The molecule has 1 aromatic heterocycles. The lowest BCUT2D eigenvalue weighted by Crippen LogP contribution is -2.01. The van der Waals surface area contributed by atoms with Gasteiger partial charge in [0, 0.05) is 11.1 Å². The van der Waals surface area contributed by atoms with Gasteiger partial charge < -0.3 is 5.73 Å². The van der Waals surface area contributed by atoms with E-state index in [4.69, 9.17) is 5.73 Å². The molecule has 0 aliphatic heterocycles. The first-order valence-electron chi connectivity index (χ1n) is 6.38. The van der Waals surface area contributed by atoms with Gasteiger partial charge in [-0.15, -0.1) is 0 Å². The maximum atomic E-state index is 5.93. The second-order valence-electron chi connectivity index (χ2n) is 4.50. The van der Waals surface area contributed by atoms with Crippen molar-refractivity contribution in [3.05, 3.63) is 54.4 Å². The van der Waals surface area contributed by atoms with Gasteiger partial charge in [-0.25, -0.2) is 9.97 Å². The molecule has 0 atom stereocenters. The molecule has 3 nitrogen and oxygen atoms in total. The van der Waals surface area contributed by atoms with Crippen LogP contribution in [0.2, 0.25) is 0 Å². The average Bonchev–Trinajstić information content (AvgIpc) is 2.46. The van der Waals surface area contributed by atoms with Gasteiger partial charge in [0.05, 0.1) is 5.69 Å². The minimum Gasteiger partial charge on any atom is -0.383 e. The Bertz CT molecular complexity index is 735. The molecule has 19 heavy (non-hydrogen) atoms. The number of hydrogen-bond acceptors (Lipinski definition) is 3. The number of nitrogen functional groups attached to an aromatic ring is 1. The van der Waals surface area contributed by atoms with Crippen molar-refractivity contribution < 1.29 is 0 Å². The van der Waals surface area contributed by atoms with Crippen LogP contribution in [0.1, 0.15) is 12.5 Å². The summed E-state index contributed by atoms with van der Waals surface area (Å²) in [5.74, 6) is 0.570. The number of nitrogens with two attached hydrogens (primary N) is 1. The minimum absolute atomic E-state index is 0.570. The van der Waals surface area contributed by atoms with Crippen molar-refractivity contribution in [2.75, 3.05) is 5.73 Å². The predicted octanol–water partition coefficient (Wildman–Crippen LogP) is 3.44. The van der Waals surface area contributed by atoms with Crippen LogP contribution in [0.25, 0.3) is 22.0 Å². The Kier molecular flexibility index (Phi) is 2.88. The van der Waals surface area contributed by atoms with Crippen molar-refractivity contribution in [1.29, 1.82) is 0 Å². The summed E-state index contributed by atoms with van der Waals surface area (Å²) in [6.07, 6.45) is 2.36. The maximum Gasteiger partial charge on any atom is 0.130 e. The van der Waals surface area contributed by atoms with E-state index in [0.717, 1.165) is 23.2 Å². The molecule has 2 N–H and O–H groups in total. The van der Waals surface area contributed by atoms with E-state index < -0.39 is 0 Å². The van der Waals surface area contributed by atoms with E-state index in [-0.39, 0.29) is 0 Å². The maximum absolute atomic E-state index is 5.93. The summed E-state index contributed by atoms with van der Waals surface area (Å²) in [5, 5.41) is 2.44. The molecule has 0 radical (unpaired) electrons. The Morgan fingerprint density at radius 1 is 1.00 bits per heavy atom. The third kappa shape index (κ3) is 2.03. The zero-order valence-electron chi connectivity index (χ0n) is 10.8. The molecule has 0 bridgehead atoms. The van der Waals surface area contributed by atoms with Crippen LogP contribution in [0.5, 0.6) is 0 Å². The van der Waals surface area contributed by atoms with Crippen molar-refractivity contribution in [1.82, 2.24) is 9.97 Å². The molecule has 1 heterocycles. The number of nitrogens with zero attached hydrogens (tertiary/aromatic N) is 2. The fraction of sp³-hybridized carbons (Fsp3) is 0.125. The monoisotopic (exact) mass is 249 g/mol. The molecule has 0 aliphatic rings. The molecular weight excluding hydrogens is 234 g/mol. The van der Waals surface area contributed by atoms with Crippen LogP contribution in [0.15, 0.2) is 48.8 Å². The number of benzene rings is 2. The summed E-state index contributed by atoms with van der Waals surface area (Å²) in [5.41, 5.74) is 8.96. The Labute approximate surface area is 112 Å². The second-order valence-corrected chi connectivity index (χ2v) is 4.50. The normalized spacial score (nSPS) is 10.8. The highest BCUT2D eigenvalue weighted by atomic mass is 14.9. The van der Waals surface area contributed by atoms with Crippen molar-refractivity contribution in [3.63, 3.8) is 0 Å². The number of hydrogen-bond donors (Lipinski definition) is 1. The summed E-state index contributed by atoms with van der Waals surface area (Å²) in [7, 11) is 0. The van der Waals surface area contributed by atoms with E-state index >= 15 is 0 Å². The Balaban J connectivity index is 2.22. The zero-order valence-corrected chi connectivity index (χ0v) is 10.8.